The minimum Gasteiger partial charge on any atom is -0.465 e. The first kappa shape index (κ1) is 13.5. The highest BCUT2D eigenvalue weighted by atomic mass is 16.5. The Bertz CT molecular complexity index is 217. The number of nitrogens with two attached hydrogens (primary N) is 1. The molecule has 0 saturated heterocycles. The number of ether oxygens (including phenoxy) is 1. The fraction of sp³-hybridized carbons (Fsp3) is 0.917. The molecular formula is C12H24N2O2. The third kappa shape index (κ3) is 4.10. The largest absolute Gasteiger partial charge is 0.465 e. The first-order valence-corrected chi connectivity index (χ1v) is 6.34. The molecule has 1 unspecified atom stereocenters. The molecule has 16 heavy (non-hydrogen) atoms. The number of carbonyl (C=O) groups excluding carboxylic acids is 1. The third-order valence-corrected chi connectivity index (χ3v) is 3.07. The van der Waals surface area contributed by atoms with E-state index in [1.807, 2.05) is 6.92 Å². The van der Waals surface area contributed by atoms with Gasteiger partial charge < -0.3 is 10.5 Å². The summed E-state index contributed by atoms with van der Waals surface area (Å²) in [6.07, 6.45) is 4.43. The molecule has 0 aromatic carbocycles. The Morgan fingerprint density at radius 2 is 2.19 bits per heavy atom. The molecule has 1 aliphatic carbocycles. The molecule has 0 spiro atoms. The molecule has 2 N–H and O–H groups in total. The van der Waals surface area contributed by atoms with Crippen molar-refractivity contribution >= 4 is 5.97 Å². The number of hydrogen-bond acceptors (Lipinski definition) is 4. The maximum Gasteiger partial charge on any atom is 0.320 e. The van der Waals surface area contributed by atoms with Gasteiger partial charge in [-0.15, -0.1) is 0 Å². The van der Waals surface area contributed by atoms with Gasteiger partial charge in [-0.2, -0.15) is 0 Å². The monoisotopic (exact) mass is 228 g/mol. The van der Waals surface area contributed by atoms with Gasteiger partial charge in [-0.1, -0.05) is 6.92 Å². The molecule has 0 bridgehead atoms. The fourth-order valence-electron chi connectivity index (χ4n) is 2.12. The number of carbonyl (C=O) groups is 1. The Morgan fingerprint density at radius 3 is 2.62 bits per heavy atom. The first-order valence-electron chi connectivity index (χ1n) is 6.34. The number of nitrogens with zero attached hydrogens (tertiary/aromatic N) is 1. The highest BCUT2D eigenvalue weighted by molar-refractivity contribution is 5.71. The molecule has 4 heteroatoms. The molecule has 0 radical (unpaired) electrons. The Morgan fingerprint density at radius 1 is 1.50 bits per heavy atom. The molecule has 0 aromatic rings. The molecule has 0 aromatic heterocycles. The maximum atomic E-state index is 11.5. The van der Waals surface area contributed by atoms with Gasteiger partial charge in [0.15, 0.2) is 0 Å². The van der Waals surface area contributed by atoms with Crippen molar-refractivity contribution in [3.8, 4) is 0 Å². The molecule has 1 saturated carbocycles. The lowest BCUT2D eigenvalue weighted by molar-refractivity contribution is -0.145. The zero-order valence-corrected chi connectivity index (χ0v) is 10.4. The molecule has 4 nitrogen and oxygen atoms in total. The summed E-state index contributed by atoms with van der Waals surface area (Å²) in [4.78, 5) is 13.8. The molecular weight excluding hydrogens is 204 g/mol. The van der Waals surface area contributed by atoms with E-state index < -0.39 is 0 Å². The molecule has 94 valence electrons. The summed E-state index contributed by atoms with van der Waals surface area (Å²) in [6.45, 7) is 5.57. The van der Waals surface area contributed by atoms with Crippen molar-refractivity contribution in [1.29, 1.82) is 0 Å². The second-order valence-electron chi connectivity index (χ2n) is 4.35. The first-order chi connectivity index (χ1) is 7.72. The van der Waals surface area contributed by atoms with Gasteiger partial charge in [-0.3, -0.25) is 9.69 Å². The van der Waals surface area contributed by atoms with E-state index in [0.717, 1.165) is 12.8 Å². The summed E-state index contributed by atoms with van der Waals surface area (Å²) < 4.78 is 5.01. The van der Waals surface area contributed by atoms with Gasteiger partial charge in [-0.05, 0) is 39.2 Å². The second-order valence-corrected chi connectivity index (χ2v) is 4.35. The molecule has 0 heterocycles. The number of rotatable bonds is 8. The van der Waals surface area contributed by atoms with Crippen molar-refractivity contribution in [2.75, 3.05) is 19.7 Å². The van der Waals surface area contributed by atoms with Gasteiger partial charge in [-0.25, -0.2) is 0 Å². The van der Waals surface area contributed by atoms with Crippen LogP contribution in [0.3, 0.4) is 0 Å². The van der Waals surface area contributed by atoms with Crippen LogP contribution < -0.4 is 5.73 Å². The lowest BCUT2D eigenvalue weighted by atomic mass is 10.1. The minimum absolute atomic E-state index is 0.107. The van der Waals surface area contributed by atoms with Gasteiger partial charge in [0.05, 0.1) is 13.2 Å². The van der Waals surface area contributed by atoms with Crippen molar-refractivity contribution in [1.82, 2.24) is 4.90 Å². The van der Waals surface area contributed by atoms with Gasteiger partial charge in [0, 0.05) is 12.1 Å². The second kappa shape index (κ2) is 6.86. The summed E-state index contributed by atoms with van der Waals surface area (Å²) in [5.74, 6) is -0.107. The van der Waals surface area contributed by atoms with E-state index in [1.54, 1.807) is 0 Å². The number of esters is 1. The zero-order chi connectivity index (χ0) is 12.0. The Hall–Kier alpha value is -0.610. The Labute approximate surface area is 98.1 Å². The zero-order valence-electron chi connectivity index (χ0n) is 10.4. The Kier molecular flexibility index (Phi) is 5.77. The van der Waals surface area contributed by atoms with Crippen LogP contribution in [0.25, 0.3) is 0 Å². The number of hydrogen-bond donors (Lipinski definition) is 1. The van der Waals surface area contributed by atoms with E-state index in [1.165, 1.54) is 12.8 Å². The van der Waals surface area contributed by atoms with Crippen molar-refractivity contribution in [2.24, 2.45) is 5.73 Å². The summed E-state index contributed by atoms with van der Waals surface area (Å²) in [6, 6.07) is 1.02. The smallest absolute Gasteiger partial charge is 0.320 e. The van der Waals surface area contributed by atoms with Gasteiger partial charge in [0.25, 0.3) is 0 Å². The molecule has 1 fully saturated rings. The maximum absolute atomic E-state index is 11.5. The standard InChI is InChI=1S/C12H24N2O2/c1-3-10(7-8-13)14(11-5-6-11)9-12(15)16-4-2/h10-11H,3-9,13H2,1-2H3. The van der Waals surface area contributed by atoms with Crippen molar-refractivity contribution in [2.45, 2.75) is 51.6 Å². The van der Waals surface area contributed by atoms with Crippen molar-refractivity contribution in [3.63, 3.8) is 0 Å². The summed E-state index contributed by atoms with van der Waals surface area (Å²) in [5, 5.41) is 0. The molecule has 1 atom stereocenters. The lowest BCUT2D eigenvalue weighted by Gasteiger charge is -2.30. The van der Waals surface area contributed by atoms with Gasteiger partial charge in [0.2, 0.25) is 0 Å². The topological polar surface area (TPSA) is 55.6 Å². The Balaban J connectivity index is 2.48. The molecule has 1 aliphatic rings. The quantitative estimate of drug-likeness (QED) is 0.633. The van der Waals surface area contributed by atoms with Gasteiger partial charge in [0.1, 0.15) is 0 Å². The fourth-order valence-corrected chi connectivity index (χ4v) is 2.12. The van der Waals surface area contributed by atoms with Crippen LogP contribution in [-0.4, -0.2) is 42.6 Å². The predicted molar refractivity (Wildman–Crippen MR) is 64.1 cm³/mol. The third-order valence-electron chi connectivity index (χ3n) is 3.07. The van der Waals surface area contributed by atoms with Crippen LogP contribution in [0.4, 0.5) is 0 Å². The van der Waals surface area contributed by atoms with E-state index >= 15 is 0 Å². The van der Waals surface area contributed by atoms with Crippen LogP contribution in [0.15, 0.2) is 0 Å². The van der Waals surface area contributed by atoms with Crippen LogP contribution in [0.2, 0.25) is 0 Å². The van der Waals surface area contributed by atoms with E-state index in [2.05, 4.69) is 11.8 Å². The molecule has 0 amide bonds. The summed E-state index contributed by atoms with van der Waals surface area (Å²) >= 11 is 0. The van der Waals surface area contributed by atoms with Crippen LogP contribution >= 0.6 is 0 Å². The van der Waals surface area contributed by atoms with Crippen LogP contribution in [0, 0.1) is 0 Å². The van der Waals surface area contributed by atoms with Crippen LogP contribution in [0.5, 0.6) is 0 Å². The van der Waals surface area contributed by atoms with E-state index in [9.17, 15) is 4.79 Å². The lowest BCUT2D eigenvalue weighted by Crippen LogP contribution is -2.42. The highest BCUT2D eigenvalue weighted by Gasteiger charge is 2.34. The van der Waals surface area contributed by atoms with Crippen LogP contribution in [0.1, 0.15) is 39.5 Å². The molecule has 1 rings (SSSR count). The summed E-state index contributed by atoms with van der Waals surface area (Å²) in [5.41, 5.74) is 5.61. The average Bonchev–Trinajstić information content (AvgIpc) is 3.07. The van der Waals surface area contributed by atoms with E-state index in [0.29, 0.717) is 31.8 Å². The van der Waals surface area contributed by atoms with Crippen molar-refractivity contribution < 1.29 is 9.53 Å². The van der Waals surface area contributed by atoms with Crippen molar-refractivity contribution in [3.05, 3.63) is 0 Å². The van der Waals surface area contributed by atoms with Crippen LogP contribution in [-0.2, 0) is 9.53 Å². The normalized spacial score (nSPS) is 17.5. The minimum atomic E-state index is -0.107. The summed E-state index contributed by atoms with van der Waals surface area (Å²) in [7, 11) is 0. The highest BCUT2D eigenvalue weighted by Crippen LogP contribution is 2.30. The molecule has 0 aliphatic heterocycles. The predicted octanol–water partition coefficient (Wildman–Crippen LogP) is 1.14. The average molecular weight is 228 g/mol. The van der Waals surface area contributed by atoms with Gasteiger partial charge >= 0.3 is 5.97 Å². The SMILES string of the molecule is CCOC(=O)CN(C(CC)CCN)C1CC1. The van der Waals surface area contributed by atoms with E-state index in [4.69, 9.17) is 10.5 Å². The van der Waals surface area contributed by atoms with E-state index in [-0.39, 0.29) is 5.97 Å².